The topological polar surface area (TPSA) is 98.7 Å². The molecule has 0 aliphatic carbocycles. The molecule has 0 saturated carbocycles. The number of hydrogen-bond acceptors (Lipinski definition) is 7. The van der Waals surface area contributed by atoms with E-state index < -0.39 is 10.9 Å². The Morgan fingerprint density at radius 3 is 2.61 bits per heavy atom. The van der Waals surface area contributed by atoms with Crippen molar-refractivity contribution in [1.82, 2.24) is 5.16 Å². The van der Waals surface area contributed by atoms with Crippen LogP contribution in [0.25, 0.3) is 0 Å². The first-order valence-corrected chi connectivity index (χ1v) is 6.86. The minimum atomic E-state index is -0.640. The third-order valence-electron chi connectivity index (χ3n) is 3.42. The maximum atomic E-state index is 12.1. The summed E-state index contributed by atoms with van der Waals surface area (Å²) in [4.78, 5) is 24.3. The SMILES string of the molecule is Cc1noc(C)c1COC(=O)c1ccc(N(C)C)c([N+](=O)[O-])c1. The van der Waals surface area contributed by atoms with Crippen molar-refractivity contribution in [3.63, 3.8) is 0 Å². The maximum absolute atomic E-state index is 12.1. The fourth-order valence-electron chi connectivity index (χ4n) is 2.10. The third kappa shape index (κ3) is 3.47. The van der Waals surface area contributed by atoms with Gasteiger partial charge in [-0.3, -0.25) is 10.1 Å². The van der Waals surface area contributed by atoms with Crippen LogP contribution in [0.2, 0.25) is 0 Å². The van der Waals surface area contributed by atoms with Gasteiger partial charge in [-0.15, -0.1) is 0 Å². The van der Waals surface area contributed by atoms with Crippen molar-refractivity contribution in [2.24, 2.45) is 0 Å². The number of anilines is 1. The summed E-state index contributed by atoms with van der Waals surface area (Å²) in [7, 11) is 3.38. The van der Waals surface area contributed by atoms with Crippen molar-refractivity contribution in [1.29, 1.82) is 0 Å². The van der Waals surface area contributed by atoms with E-state index in [1.807, 2.05) is 0 Å². The van der Waals surface area contributed by atoms with E-state index >= 15 is 0 Å². The smallest absolute Gasteiger partial charge is 0.338 e. The molecule has 0 saturated heterocycles. The summed E-state index contributed by atoms with van der Waals surface area (Å²) in [6.45, 7) is 3.47. The second-order valence-electron chi connectivity index (χ2n) is 5.23. The lowest BCUT2D eigenvalue weighted by atomic mass is 10.1. The lowest BCUT2D eigenvalue weighted by Crippen LogP contribution is -2.12. The second kappa shape index (κ2) is 6.47. The van der Waals surface area contributed by atoms with Crippen molar-refractivity contribution in [2.45, 2.75) is 20.5 Å². The highest BCUT2D eigenvalue weighted by molar-refractivity contribution is 5.91. The molecule has 0 atom stereocenters. The molecule has 2 aromatic rings. The maximum Gasteiger partial charge on any atom is 0.338 e. The number of nitro groups is 1. The lowest BCUT2D eigenvalue weighted by molar-refractivity contribution is -0.384. The monoisotopic (exact) mass is 319 g/mol. The van der Waals surface area contributed by atoms with E-state index in [0.29, 0.717) is 22.7 Å². The minimum Gasteiger partial charge on any atom is -0.457 e. The number of aromatic nitrogens is 1. The molecule has 0 unspecified atom stereocenters. The van der Waals surface area contributed by atoms with Gasteiger partial charge in [-0.05, 0) is 26.0 Å². The molecule has 23 heavy (non-hydrogen) atoms. The first-order valence-electron chi connectivity index (χ1n) is 6.86. The number of benzene rings is 1. The van der Waals surface area contributed by atoms with Gasteiger partial charge < -0.3 is 14.2 Å². The van der Waals surface area contributed by atoms with Gasteiger partial charge in [-0.25, -0.2) is 4.79 Å². The molecule has 8 nitrogen and oxygen atoms in total. The number of nitro benzene ring substituents is 1. The number of carbonyl (C=O) groups excluding carboxylic acids is 1. The summed E-state index contributed by atoms with van der Waals surface area (Å²) in [5.74, 6) is -0.0670. The average molecular weight is 319 g/mol. The highest BCUT2D eigenvalue weighted by atomic mass is 16.6. The van der Waals surface area contributed by atoms with Gasteiger partial charge in [-0.2, -0.15) is 0 Å². The van der Waals surface area contributed by atoms with Gasteiger partial charge in [0.15, 0.2) is 0 Å². The van der Waals surface area contributed by atoms with E-state index in [2.05, 4.69) is 5.16 Å². The van der Waals surface area contributed by atoms with Crippen LogP contribution in [0.15, 0.2) is 22.7 Å². The first kappa shape index (κ1) is 16.5. The molecule has 1 heterocycles. The zero-order valence-electron chi connectivity index (χ0n) is 13.3. The Balaban J connectivity index is 2.20. The average Bonchev–Trinajstić information content (AvgIpc) is 2.82. The molecule has 0 bridgehead atoms. The fourth-order valence-corrected chi connectivity index (χ4v) is 2.10. The molecule has 122 valence electrons. The summed E-state index contributed by atoms with van der Waals surface area (Å²) in [6.07, 6.45) is 0. The zero-order chi connectivity index (χ0) is 17.1. The van der Waals surface area contributed by atoms with Crippen molar-refractivity contribution in [2.75, 3.05) is 19.0 Å². The molecule has 0 radical (unpaired) electrons. The van der Waals surface area contributed by atoms with Crippen LogP contribution in [0.1, 0.15) is 27.4 Å². The van der Waals surface area contributed by atoms with Crippen LogP contribution in [0, 0.1) is 24.0 Å². The van der Waals surface area contributed by atoms with Gasteiger partial charge in [0.05, 0.1) is 21.7 Å². The van der Waals surface area contributed by atoms with Crippen LogP contribution in [-0.2, 0) is 11.3 Å². The highest BCUT2D eigenvalue weighted by Gasteiger charge is 2.20. The van der Waals surface area contributed by atoms with Crippen LogP contribution >= 0.6 is 0 Å². The van der Waals surface area contributed by atoms with E-state index in [0.717, 1.165) is 0 Å². The molecule has 0 N–H and O–H groups in total. The van der Waals surface area contributed by atoms with Gasteiger partial charge >= 0.3 is 5.97 Å². The summed E-state index contributed by atoms with van der Waals surface area (Å²) >= 11 is 0. The van der Waals surface area contributed by atoms with Crippen LogP contribution in [-0.4, -0.2) is 30.1 Å². The number of ether oxygens (including phenoxy) is 1. The van der Waals surface area contributed by atoms with Crippen LogP contribution in [0.4, 0.5) is 11.4 Å². The number of hydrogen-bond donors (Lipinski definition) is 0. The molecule has 0 aliphatic heterocycles. The third-order valence-corrected chi connectivity index (χ3v) is 3.42. The number of nitrogens with zero attached hydrogens (tertiary/aromatic N) is 3. The van der Waals surface area contributed by atoms with Crippen LogP contribution in [0.5, 0.6) is 0 Å². The molecule has 2 rings (SSSR count). The lowest BCUT2D eigenvalue weighted by Gasteiger charge is -2.13. The summed E-state index contributed by atoms with van der Waals surface area (Å²) in [5, 5.41) is 14.9. The summed E-state index contributed by atoms with van der Waals surface area (Å²) in [6, 6.07) is 4.23. The minimum absolute atomic E-state index is 0.00320. The largest absolute Gasteiger partial charge is 0.457 e. The second-order valence-corrected chi connectivity index (χ2v) is 5.23. The number of carbonyl (C=O) groups is 1. The summed E-state index contributed by atoms with van der Waals surface area (Å²) in [5.41, 5.74) is 1.72. The molecule has 1 aromatic heterocycles. The Labute approximate surface area is 132 Å². The van der Waals surface area contributed by atoms with Crippen molar-refractivity contribution in [3.05, 3.63) is 50.9 Å². The van der Waals surface area contributed by atoms with Gasteiger partial charge in [0, 0.05) is 20.2 Å². The Morgan fingerprint density at radius 1 is 1.39 bits per heavy atom. The van der Waals surface area contributed by atoms with Gasteiger partial charge in [0.25, 0.3) is 5.69 Å². The van der Waals surface area contributed by atoms with E-state index in [1.54, 1.807) is 32.8 Å². The predicted molar refractivity (Wildman–Crippen MR) is 82.5 cm³/mol. The molecule has 0 fully saturated rings. The molecule has 8 heteroatoms. The highest BCUT2D eigenvalue weighted by Crippen LogP contribution is 2.28. The van der Waals surface area contributed by atoms with Gasteiger partial charge in [-0.1, -0.05) is 5.16 Å². The van der Waals surface area contributed by atoms with Crippen molar-refractivity contribution < 1.29 is 19.0 Å². The standard InChI is InChI=1S/C15H17N3O5/c1-9-12(10(2)23-16-9)8-22-15(19)11-5-6-13(17(3)4)14(7-11)18(20)21/h5-7H,8H2,1-4H3. The molecular formula is C15H17N3O5. The van der Waals surface area contributed by atoms with Gasteiger partial charge in [0.2, 0.25) is 0 Å². The van der Waals surface area contributed by atoms with Crippen molar-refractivity contribution in [3.8, 4) is 0 Å². The molecule has 0 spiro atoms. The van der Waals surface area contributed by atoms with Crippen molar-refractivity contribution >= 4 is 17.3 Å². The van der Waals surface area contributed by atoms with E-state index in [9.17, 15) is 14.9 Å². The Kier molecular flexibility index (Phi) is 4.63. The molecular weight excluding hydrogens is 302 g/mol. The summed E-state index contributed by atoms with van der Waals surface area (Å²) < 4.78 is 10.2. The molecule has 0 amide bonds. The predicted octanol–water partition coefficient (Wildman–Crippen LogP) is 2.62. The quantitative estimate of drug-likeness (QED) is 0.474. The van der Waals surface area contributed by atoms with E-state index in [4.69, 9.17) is 9.26 Å². The van der Waals surface area contributed by atoms with Crippen LogP contribution < -0.4 is 4.90 Å². The van der Waals surface area contributed by atoms with E-state index in [1.165, 1.54) is 18.2 Å². The molecule has 1 aromatic carbocycles. The Bertz CT molecular complexity index is 732. The van der Waals surface area contributed by atoms with Crippen LogP contribution in [0.3, 0.4) is 0 Å². The van der Waals surface area contributed by atoms with E-state index in [-0.39, 0.29) is 17.9 Å². The normalized spacial score (nSPS) is 10.4. The number of aryl methyl sites for hydroxylation is 2. The first-order chi connectivity index (χ1) is 10.8. The zero-order valence-corrected chi connectivity index (χ0v) is 13.3. The number of esters is 1. The van der Waals surface area contributed by atoms with Gasteiger partial charge in [0.1, 0.15) is 18.1 Å². The Morgan fingerprint density at radius 2 is 2.09 bits per heavy atom. The molecule has 0 aliphatic rings. The fraction of sp³-hybridized carbons (Fsp3) is 0.333. The number of rotatable bonds is 5. The Hall–Kier alpha value is -2.90.